The summed E-state index contributed by atoms with van der Waals surface area (Å²) in [6, 6.07) is 0. The Kier molecular flexibility index (Phi) is 3.96. The molecule has 3 nitrogen and oxygen atoms in total. The van der Waals surface area contributed by atoms with Crippen LogP contribution in [0.25, 0.3) is 0 Å². The van der Waals surface area contributed by atoms with Crippen LogP contribution in [0.2, 0.25) is 0 Å². The van der Waals surface area contributed by atoms with Gasteiger partial charge in [0.05, 0.1) is 0 Å². The quantitative estimate of drug-likeness (QED) is 0.726. The first-order valence-corrected chi connectivity index (χ1v) is 4.95. The smallest absolute Gasteiger partial charge is 0.106 e. The van der Waals surface area contributed by atoms with Crippen molar-refractivity contribution in [2.24, 2.45) is 5.92 Å². The average Bonchev–Trinajstić information content (AvgIpc) is 2.48. The molecule has 2 N–H and O–H groups in total. The maximum Gasteiger partial charge on any atom is 0.106 e. The van der Waals surface area contributed by atoms with E-state index in [9.17, 15) is 0 Å². The number of aromatic nitrogens is 2. The zero-order valence-electron chi connectivity index (χ0n) is 8.72. The number of H-pyrrole nitrogens is 1. The Bertz CT molecular complexity index is 240. The van der Waals surface area contributed by atoms with E-state index in [4.69, 9.17) is 0 Å². The standard InChI is InChI=1S/C10H19N3/c1-4-11-6-9-7-12-10(13-9)5-8(2)3/h7-8,11H,4-6H2,1-3H3,(H,12,13). The summed E-state index contributed by atoms with van der Waals surface area (Å²) in [5.41, 5.74) is 1.18. The average molecular weight is 181 g/mol. The van der Waals surface area contributed by atoms with Crippen LogP contribution in [-0.2, 0) is 13.0 Å². The van der Waals surface area contributed by atoms with E-state index in [0.29, 0.717) is 5.92 Å². The highest BCUT2D eigenvalue weighted by Gasteiger charge is 2.02. The highest BCUT2D eigenvalue weighted by molar-refractivity contribution is 5.01. The Morgan fingerprint density at radius 1 is 1.54 bits per heavy atom. The minimum Gasteiger partial charge on any atom is -0.345 e. The van der Waals surface area contributed by atoms with Crippen molar-refractivity contribution in [1.82, 2.24) is 15.3 Å². The molecule has 1 aromatic heterocycles. The minimum absolute atomic E-state index is 0.665. The SMILES string of the molecule is CCNCc1cnc(CC(C)C)[nH]1. The van der Waals surface area contributed by atoms with Crippen LogP contribution >= 0.6 is 0 Å². The maximum absolute atomic E-state index is 4.31. The Labute approximate surface area is 80.0 Å². The largest absolute Gasteiger partial charge is 0.345 e. The lowest BCUT2D eigenvalue weighted by molar-refractivity contribution is 0.623. The summed E-state index contributed by atoms with van der Waals surface area (Å²) in [7, 11) is 0. The second kappa shape index (κ2) is 5.02. The third kappa shape index (κ3) is 3.59. The number of hydrogen-bond donors (Lipinski definition) is 2. The zero-order valence-corrected chi connectivity index (χ0v) is 8.72. The number of aromatic amines is 1. The van der Waals surface area contributed by atoms with E-state index in [2.05, 4.69) is 36.1 Å². The van der Waals surface area contributed by atoms with Crippen molar-refractivity contribution in [3.05, 3.63) is 17.7 Å². The van der Waals surface area contributed by atoms with E-state index in [-0.39, 0.29) is 0 Å². The molecule has 0 aromatic carbocycles. The first-order valence-electron chi connectivity index (χ1n) is 4.95. The van der Waals surface area contributed by atoms with Gasteiger partial charge in [-0.3, -0.25) is 0 Å². The molecule has 0 bridgehead atoms. The van der Waals surface area contributed by atoms with E-state index >= 15 is 0 Å². The van der Waals surface area contributed by atoms with Crippen molar-refractivity contribution in [3.63, 3.8) is 0 Å². The van der Waals surface area contributed by atoms with Crippen LogP contribution in [0.4, 0.5) is 0 Å². The van der Waals surface area contributed by atoms with Crippen molar-refractivity contribution < 1.29 is 0 Å². The van der Waals surface area contributed by atoms with Crippen molar-refractivity contribution >= 4 is 0 Å². The van der Waals surface area contributed by atoms with Crippen LogP contribution in [0, 0.1) is 5.92 Å². The molecule has 13 heavy (non-hydrogen) atoms. The van der Waals surface area contributed by atoms with Gasteiger partial charge >= 0.3 is 0 Å². The normalized spacial score (nSPS) is 11.1. The molecule has 0 aliphatic carbocycles. The van der Waals surface area contributed by atoms with Crippen LogP contribution in [0.5, 0.6) is 0 Å². The molecule has 0 aliphatic rings. The summed E-state index contributed by atoms with van der Waals surface area (Å²) in [6.45, 7) is 8.39. The first kappa shape index (κ1) is 10.3. The molecule has 0 saturated heterocycles. The molecule has 0 amide bonds. The first-order chi connectivity index (χ1) is 6.22. The van der Waals surface area contributed by atoms with E-state index in [0.717, 1.165) is 25.3 Å². The van der Waals surface area contributed by atoms with Gasteiger partial charge in [-0.1, -0.05) is 20.8 Å². The van der Waals surface area contributed by atoms with E-state index in [1.165, 1.54) is 5.69 Å². The number of nitrogens with zero attached hydrogens (tertiary/aromatic N) is 1. The predicted molar refractivity (Wildman–Crippen MR) is 54.5 cm³/mol. The van der Waals surface area contributed by atoms with Crippen LogP contribution < -0.4 is 5.32 Å². The van der Waals surface area contributed by atoms with Gasteiger partial charge in [-0.05, 0) is 12.5 Å². The number of rotatable bonds is 5. The molecule has 0 unspecified atom stereocenters. The summed E-state index contributed by atoms with van der Waals surface area (Å²) >= 11 is 0. The maximum atomic E-state index is 4.31. The third-order valence-electron chi connectivity index (χ3n) is 1.85. The highest BCUT2D eigenvalue weighted by atomic mass is 15.0. The molecule has 0 radical (unpaired) electrons. The number of hydrogen-bond acceptors (Lipinski definition) is 2. The van der Waals surface area contributed by atoms with Gasteiger partial charge in [-0.25, -0.2) is 4.98 Å². The molecule has 1 heterocycles. The van der Waals surface area contributed by atoms with Crippen LogP contribution in [0.1, 0.15) is 32.3 Å². The third-order valence-corrected chi connectivity index (χ3v) is 1.85. The van der Waals surface area contributed by atoms with Crippen molar-refractivity contribution in [2.75, 3.05) is 6.54 Å². The van der Waals surface area contributed by atoms with Crippen LogP contribution in [0.3, 0.4) is 0 Å². The van der Waals surface area contributed by atoms with Gasteiger partial charge in [0.1, 0.15) is 5.82 Å². The van der Waals surface area contributed by atoms with Gasteiger partial charge in [-0.2, -0.15) is 0 Å². The molecule has 0 spiro atoms. The number of nitrogens with one attached hydrogen (secondary N) is 2. The fraction of sp³-hybridized carbons (Fsp3) is 0.700. The molecular weight excluding hydrogens is 162 g/mol. The van der Waals surface area contributed by atoms with Gasteiger partial charge in [0.15, 0.2) is 0 Å². The molecule has 1 rings (SSSR count). The zero-order chi connectivity index (χ0) is 9.68. The highest BCUT2D eigenvalue weighted by Crippen LogP contribution is 2.04. The lowest BCUT2D eigenvalue weighted by Crippen LogP contribution is -2.11. The van der Waals surface area contributed by atoms with Crippen molar-refractivity contribution in [2.45, 2.75) is 33.7 Å². The Hall–Kier alpha value is -0.830. The van der Waals surface area contributed by atoms with Gasteiger partial charge < -0.3 is 10.3 Å². The minimum atomic E-state index is 0.665. The second-order valence-electron chi connectivity index (χ2n) is 3.73. The van der Waals surface area contributed by atoms with Crippen molar-refractivity contribution in [1.29, 1.82) is 0 Å². The summed E-state index contributed by atoms with van der Waals surface area (Å²) in [6.07, 6.45) is 2.95. The van der Waals surface area contributed by atoms with E-state index in [1.807, 2.05) is 6.20 Å². The Morgan fingerprint density at radius 2 is 2.31 bits per heavy atom. The van der Waals surface area contributed by atoms with Gasteiger partial charge in [-0.15, -0.1) is 0 Å². The summed E-state index contributed by atoms with van der Waals surface area (Å²) in [5, 5.41) is 3.26. The molecule has 74 valence electrons. The van der Waals surface area contributed by atoms with Gasteiger partial charge in [0, 0.05) is 24.9 Å². The van der Waals surface area contributed by atoms with Crippen LogP contribution in [0.15, 0.2) is 6.20 Å². The molecule has 0 saturated carbocycles. The molecule has 0 fully saturated rings. The van der Waals surface area contributed by atoms with E-state index < -0.39 is 0 Å². The van der Waals surface area contributed by atoms with E-state index in [1.54, 1.807) is 0 Å². The molecular formula is C10H19N3. The summed E-state index contributed by atoms with van der Waals surface area (Å²) in [5.74, 6) is 1.76. The van der Waals surface area contributed by atoms with Crippen molar-refractivity contribution in [3.8, 4) is 0 Å². The summed E-state index contributed by atoms with van der Waals surface area (Å²) in [4.78, 5) is 7.62. The lowest BCUT2D eigenvalue weighted by atomic mass is 10.1. The molecule has 3 heteroatoms. The second-order valence-corrected chi connectivity index (χ2v) is 3.73. The summed E-state index contributed by atoms with van der Waals surface area (Å²) < 4.78 is 0. The predicted octanol–water partition coefficient (Wildman–Crippen LogP) is 1.72. The Morgan fingerprint density at radius 3 is 2.92 bits per heavy atom. The fourth-order valence-electron chi connectivity index (χ4n) is 1.25. The molecule has 0 aliphatic heterocycles. The molecule has 1 aromatic rings. The van der Waals surface area contributed by atoms with Gasteiger partial charge in [0.25, 0.3) is 0 Å². The molecule has 0 atom stereocenters. The van der Waals surface area contributed by atoms with Gasteiger partial charge in [0.2, 0.25) is 0 Å². The van der Waals surface area contributed by atoms with Crippen LogP contribution in [-0.4, -0.2) is 16.5 Å². The lowest BCUT2D eigenvalue weighted by Gasteiger charge is -2.00. The Balaban J connectivity index is 2.44. The monoisotopic (exact) mass is 181 g/mol. The number of imidazole rings is 1. The fourth-order valence-corrected chi connectivity index (χ4v) is 1.25. The topological polar surface area (TPSA) is 40.7 Å².